The van der Waals surface area contributed by atoms with Crippen LogP contribution >= 0.6 is 0 Å². The summed E-state index contributed by atoms with van der Waals surface area (Å²) >= 11 is 0. The SMILES string of the molecule is CCCC(=O)N1CCN(C(=O)c2cc(-c3ccc(OC)cc3)n(-c3ccccc3)c2C)CC1. The summed E-state index contributed by atoms with van der Waals surface area (Å²) in [6, 6.07) is 20.0. The molecule has 33 heavy (non-hydrogen) atoms. The monoisotopic (exact) mass is 445 g/mol. The number of rotatable bonds is 6. The lowest BCUT2D eigenvalue weighted by Crippen LogP contribution is -2.50. The Morgan fingerprint density at radius 3 is 2.15 bits per heavy atom. The van der Waals surface area contributed by atoms with Crippen LogP contribution < -0.4 is 4.74 Å². The second-order valence-electron chi connectivity index (χ2n) is 8.35. The average molecular weight is 446 g/mol. The van der Waals surface area contributed by atoms with Crippen molar-refractivity contribution in [3.8, 4) is 22.7 Å². The number of hydrogen-bond donors (Lipinski definition) is 0. The summed E-state index contributed by atoms with van der Waals surface area (Å²) < 4.78 is 7.45. The molecule has 0 radical (unpaired) electrons. The van der Waals surface area contributed by atoms with Crippen molar-refractivity contribution >= 4 is 11.8 Å². The molecule has 6 nitrogen and oxygen atoms in total. The molecule has 3 aromatic rings. The number of benzene rings is 2. The van der Waals surface area contributed by atoms with Crippen molar-refractivity contribution < 1.29 is 14.3 Å². The van der Waals surface area contributed by atoms with Gasteiger partial charge in [-0.05, 0) is 61.4 Å². The molecular formula is C27H31N3O3. The van der Waals surface area contributed by atoms with Gasteiger partial charge in [-0.15, -0.1) is 0 Å². The van der Waals surface area contributed by atoms with Gasteiger partial charge in [-0.2, -0.15) is 0 Å². The van der Waals surface area contributed by atoms with Gasteiger partial charge in [0.1, 0.15) is 5.75 Å². The van der Waals surface area contributed by atoms with E-state index in [2.05, 4.69) is 4.57 Å². The van der Waals surface area contributed by atoms with Crippen LogP contribution in [0.15, 0.2) is 60.7 Å². The Bertz CT molecular complexity index is 1110. The minimum atomic E-state index is 0.0135. The molecule has 6 heteroatoms. The van der Waals surface area contributed by atoms with E-state index in [1.807, 2.05) is 84.3 Å². The van der Waals surface area contributed by atoms with E-state index >= 15 is 0 Å². The normalized spacial score (nSPS) is 13.8. The zero-order chi connectivity index (χ0) is 23.4. The van der Waals surface area contributed by atoms with E-state index in [4.69, 9.17) is 4.74 Å². The number of carbonyl (C=O) groups excluding carboxylic acids is 2. The number of ether oxygens (including phenoxy) is 1. The molecule has 2 amide bonds. The van der Waals surface area contributed by atoms with Crippen molar-refractivity contribution in [3.63, 3.8) is 0 Å². The van der Waals surface area contributed by atoms with Gasteiger partial charge in [0.25, 0.3) is 5.91 Å². The second kappa shape index (κ2) is 9.94. The highest BCUT2D eigenvalue weighted by Crippen LogP contribution is 2.31. The summed E-state index contributed by atoms with van der Waals surface area (Å²) in [7, 11) is 1.65. The van der Waals surface area contributed by atoms with Crippen molar-refractivity contribution in [2.75, 3.05) is 33.3 Å². The minimum Gasteiger partial charge on any atom is -0.497 e. The van der Waals surface area contributed by atoms with Crippen molar-refractivity contribution in [2.24, 2.45) is 0 Å². The number of para-hydroxylation sites is 1. The summed E-state index contributed by atoms with van der Waals surface area (Å²) in [4.78, 5) is 29.5. The molecule has 0 N–H and O–H groups in total. The van der Waals surface area contributed by atoms with Gasteiger partial charge in [-0.3, -0.25) is 9.59 Å². The molecule has 0 bridgehead atoms. The maximum atomic E-state index is 13.5. The van der Waals surface area contributed by atoms with Crippen LogP contribution in [0.1, 0.15) is 35.8 Å². The van der Waals surface area contributed by atoms with E-state index in [1.165, 1.54) is 0 Å². The van der Waals surface area contributed by atoms with Gasteiger partial charge in [0.05, 0.1) is 18.4 Å². The van der Waals surface area contributed by atoms with Crippen molar-refractivity contribution in [1.29, 1.82) is 0 Å². The maximum Gasteiger partial charge on any atom is 0.255 e. The lowest BCUT2D eigenvalue weighted by Gasteiger charge is -2.34. The molecule has 0 aliphatic carbocycles. The second-order valence-corrected chi connectivity index (χ2v) is 8.35. The first kappa shape index (κ1) is 22.6. The molecule has 0 spiro atoms. The third-order valence-electron chi connectivity index (χ3n) is 6.26. The quantitative estimate of drug-likeness (QED) is 0.560. The highest BCUT2D eigenvalue weighted by atomic mass is 16.5. The number of methoxy groups -OCH3 is 1. The Balaban J connectivity index is 1.66. The van der Waals surface area contributed by atoms with Crippen LogP contribution in [0.25, 0.3) is 16.9 Å². The van der Waals surface area contributed by atoms with Gasteiger partial charge in [0, 0.05) is 44.0 Å². The third kappa shape index (κ3) is 4.65. The molecule has 1 fully saturated rings. The lowest BCUT2D eigenvalue weighted by molar-refractivity contribution is -0.132. The Morgan fingerprint density at radius 1 is 0.909 bits per heavy atom. The minimum absolute atomic E-state index is 0.0135. The number of aromatic nitrogens is 1. The van der Waals surface area contributed by atoms with Gasteiger partial charge < -0.3 is 19.1 Å². The summed E-state index contributed by atoms with van der Waals surface area (Å²) in [6.45, 7) is 6.31. The summed E-state index contributed by atoms with van der Waals surface area (Å²) in [6.07, 6.45) is 1.41. The zero-order valence-corrected chi connectivity index (χ0v) is 19.6. The lowest BCUT2D eigenvalue weighted by atomic mass is 10.1. The predicted molar refractivity (Wildman–Crippen MR) is 130 cm³/mol. The predicted octanol–water partition coefficient (Wildman–Crippen LogP) is 4.55. The molecule has 4 rings (SSSR count). The largest absolute Gasteiger partial charge is 0.497 e. The van der Waals surface area contributed by atoms with Gasteiger partial charge in [-0.1, -0.05) is 25.1 Å². The molecule has 0 unspecified atom stereocenters. The van der Waals surface area contributed by atoms with Crippen molar-refractivity contribution in [3.05, 3.63) is 71.9 Å². The molecule has 0 atom stereocenters. The van der Waals surface area contributed by atoms with E-state index in [0.29, 0.717) is 38.2 Å². The number of hydrogen-bond acceptors (Lipinski definition) is 3. The Morgan fingerprint density at radius 2 is 1.55 bits per heavy atom. The molecule has 2 heterocycles. The van der Waals surface area contributed by atoms with Crippen molar-refractivity contribution in [1.82, 2.24) is 14.4 Å². The zero-order valence-electron chi connectivity index (χ0n) is 19.6. The van der Waals surface area contributed by atoms with Crippen LogP contribution in [0, 0.1) is 6.92 Å². The van der Waals surface area contributed by atoms with E-state index in [1.54, 1.807) is 7.11 Å². The van der Waals surface area contributed by atoms with E-state index < -0.39 is 0 Å². The molecule has 1 aromatic heterocycles. The highest BCUT2D eigenvalue weighted by Gasteiger charge is 2.27. The smallest absolute Gasteiger partial charge is 0.255 e. The fourth-order valence-electron chi connectivity index (χ4n) is 4.41. The van der Waals surface area contributed by atoms with Crippen LogP contribution in [0.4, 0.5) is 0 Å². The molecule has 1 aliphatic rings. The van der Waals surface area contributed by atoms with E-state index in [0.717, 1.165) is 34.8 Å². The van der Waals surface area contributed by atoms with Crippen LogP contribution in [-0.4, -0.2) is 59.5 Å². The fraction of sp³-hybridized carbons (Fsp3) is 0.333. The number of carbonyl (C=O) groups is 2. The standard InChI is InChI=1S/C27H31N3O3/c1-4-8-26(31)28-15-17-29(18-16-28)27(32)24-19-25(21-11-13-23(33-3)14-12-21)30(20(24)2)22-9-6-5-7-10-22/h5-7,9-14,19H,4,8,15-18H2,1-3H3. The van der Waals surface area contributed by atoms with Gasteiger partial charge in [-0.25, -0.2) is 0 Å². The summed E-state index contributed by atoms with van der Waals surface area (Å²) in [5.74, 6) is 0.984. The van der Waals surface area contributed by atoms with Crippen LogP contribution in [-0.2, 0) is 4.79 Å². The van der Waals surface area contributed by atoms with E-state index in [9.17, 15) is 9.59 Å². The molecule has 1 saturated heterocycles. The Kier molecular flexibility index (Phi) is 6.82. The average Bonchev–Trinajstić information content (AvgIpc) is 3.21. The number of piperazine rings is 1. The number of amides is 2. The Hall–Kier alpha value is -3.54. The first-order valence-corrected chi connectivity index (χ1v) is 11.5. The fourth-order valence-corrected chi connectivity index (χ4v) is 4.41. The van der Waals surface area contributed by atoms with Gasteiger partial charge in [0.15, 0.2) is 0 Å². The highest BCUT2D eigenvalue weighted by molar-refractivity contribution is 5.97. The molecular weight excluding hydrogens is 414 g/mol. The Labute approximate surface area is 195 Å². The van der Waals surface area contributed by atoms with Gasteiger partial charge in [0.2, 0.25) is 5.91 Å². The van der Waals surface area contributed by atoms with Crippen LogP contribution in [0.2, 0.25) is 0 Å². The first-order chi connectivity index (χ1) is 16.0. The topological polar surface area (TPSA) is 54.8 Å². The maximum absolute atomic E-state index is 13.5. The molecule has 2 aromatic carbocycles. The molecule has 172 valence electrons. The van der Waals surface area contributed by atoms with Crippen LogP contribution in [0.3, 0.4) is 0 Å². The third-order valence-corrected chi connectivity index (χ3v) is 6.26. The van der Waals surface area contributed by atoms with Crippen molar-refractivity contribution in [2.45, 2.75) is 26.7 Å². The van der Waals surface area contributed by atoms with E-state index in [-0.39, 0.29) is 11.8 Å². The summed E-state index contributed by atoms with van der Waals surface area (Å²) in [5.41, 5.74) is 4.58. The number of nitrogens with zero attached hydrogens (tertiary/aromatic N) is 3. The first-order valence-electron chi connectivity index (χ1n) is 11.5. The van der Waals surface area contributed by atoms with Gasteiger partial charge >= 0.3 is 0 Å². The molecule has 1 aliphatic heterocycles. The summed E-state index contributed by atoms with van der Waals surface area (Å²) in [5, 5.41) is 0. The van der Waals surface area contributed by atoms with Crippen LogP contribution in [0.5, 0.6) is 5.75 Å². The molecule has 0 saturated carbocycles.